The molecule has 1 aromatic heterocycles. The lowest BCUT2D eigenvalue weighted by molar-refractivity contribution is -0.139. The number of ether oxygens (including phenoxy) is 2. The molecule has 0 aliphatic rings. The first-order valence-electron chi connectivity index (χ1n) is 3.68. The number of methoxy groups -OCH3 is 2. The Bertz CT molecular complexity index is 284. The zero-order valence-electron chi connectivity index (χ0n) is 7.48. The number of nitrogens with zero attached hydrogens (tertiary/aromatic N) is 2. The van der Waals surface area contributed by atoms with Crippen LogP contribution in [0.15, 0.2) is 12.4 Å². The highest BCUT2D eigenvalue weighted by Crippen LogP contribution is 2.03. The Morgan fingerprint density at radius 3 is 2.62 bits per heavy atom. The van der Waals surface area contributed by atoms with Crippen LogP contribution in [0.2, 0.25) is 0 Å². The quantitative estimate of drug-likeness (QED) is 0.625. The highest BCUT2D eigenvalue weighted by molar-refractivity contribution is 5.71. The summed E-state index contributed by atoms with van der Waals surface area (Å²) in [7, 11) is 2.84. The second-order valence-electron chi connectivity index (χ2n) is 2.30. The monoisotopic (exact) mass is 182 g/mol. The largest absolute Gasteiger partial charge is 0.480 e. The highest BCUT2D eigenvalue weighted by Gasteiger charge is 2.04. The minimum Gasteiger partial charge on any atom is -0.480 e. The minimum atomic E-state index is -0.334. The fraction of sp³-hybridized carbons (Fsp3) is 0.375. The predicted octanol–water partition coefficient (Wildman–Crippen LogP) is 0.201. The van der Waals surface area contributed by atoms with Crippen molar-refractivity contribution in [2.45, 2.75) is 6.42 Å². The molecule has 0 aromatic carbocycles. The summed E-state index contributed by atoms with van der Waals surface area (Å²) < 4.78 is 9.28. The average molecular weight is 182 g/mol. The van der Waals surface area contributed by atoms with Gasteiger partial charge in [0, 0.05) is 0 Å². The van der Waals surface area contributed by atoms with Crippen molar-refractivity contribution in [2.24, 2.45) is 0 Å². The molecule has 13 heavy (non-hydrogen) atoms. The number of esters is 1. The Kier molecular flexibility index (Phi) is 3.19. The zero-order valence-corrected chi connectivity index (χ0v) is 7.48. The zero-order chi connectivity index (χ0) is 9.68. The third kappa shape index (κ3) is 2.70. The van der Waals surface area contributed by atoms with E-state index in [-0.39, 0.29) is 12.4 Å². The van der Waals surface area contributed by atoms with E-state index in [9.17, 15) is 4.79 Å². The van der Waals surface area contributed by atoms with Crippen LogP contribution < -0.4 is 4.74 Å². The van der Waals surface area contributed by atoms with Gasteiger partial charge in [0.25, 0.3) is 0 Å². The molecule has 0 saturated carbocycles. The van der Waals surface area contributed by atoms with Crippen molar-refractivity contribution in [3.63, 3.8) is 0 Å². The van der Waals surface area contributed by atoms with E-state index in [0.29, 0.717) is 11.6 Å². The fourth-order valence-electron chi connectivity index (χ4n) is 0.760. The summed E-state index contributed by atoms with van der Waals surface area (Å²) in [5.74, 6) is 0.0908. The van der Waals surface area contributed by atoms with Gasteiger partial charge in [-0.1, -0.05) is 0 Å². The number of carbonyl (C=O) groups excluding carboxylic acids is 1. The van der Waals surface area contributed by atoms with Gasteiger partial charge >= 0.3 is 5.97 Å². The molecule has 5 nitrogen and oxygen atoms in total. The molecule has 0 fully saturated rings. The lowest BCUT2D eigenvalue weighted by Crippen LogP contribution is -2.06. The van der Waals surface area contributed by atoms with Crippen LogP contribution in [0.1, 0.15) is 5.69 Å². The molecule has 0 aliphatic carbocycles. The van der Waals surface area contributed by atoms with Gasteiger partial charge in [0.1, 0.15) is 0 Å². The van der Waals surface area contributed by atoms with E-state index < -0.39 is 0 Å². The molecule has 0 N–H and O–H groups in total. The Labute approximate surface area is 75.7 Å². The van der Waals surface area contributed by atoms with Gasteiger partial charge in [-0.15, -0.1) is 0 Å². The molecular formula is C8H10N2O3. The summed E-state index contributed by atoms with van der Waals surface area (Å²) in [6, 6.07) is 0. The number of hydrogen-bond donors (Lipinski definition) is 0. The topological polar surface area (TPSA) is 61.3 Å². The van der Waals surface area contributed by atoms with Crippen molar-refractivity contribution in [2.75, 3.05) is 14.2 Å². The maximum atomic E-state index is 10.8. The summed E-state index contributed by atoms with van der Waals surface area (Å²) in [5, 5.41) is 0. The van der Waals surface area contributed by atoms with Crippen molar-refractivity contribution >= 4 is 5.97 Å². The van der Waals surface area contributed by atoms with E-state index >= 15 is 0 Å². The van der Waals surface area contributed by atoms with Gasteiger partial charge in [-0.05, 0) is 0 Å². The van der Waals surface area contributed by atoms with Gasteiger partial charge < -0.3 is 9.47 Å². The molecule has 0 bridgehead atoms. The van der Waals surface area contributed by atoms with Gasteiger partial charge in [0.15, 0.2) is 0 Å². The molecule has 1 aromatic rings. The van der Waals surface area contributed by atoms with Gasteiger partial charge in [-0.3, -0.25) is 9.78 Å². The molecule has 1 rings (SSSR count). The van der Waals surface area contributed by atoms with Crippen LogP contribution in [-0.4, -0.2) is 30.2 Å². The summed E-state index contributed by atoms with van der Waals surface area (Å²) in [6.07, 6.45) is 3.07. The van der Waals surface area contributed by atoms with E-state index in [1.54, 1.807) is 0 Å². The molecular weight excluding hydrogens is 172 g/mol. The fourth-order valence-corrected chi connectivity index (χ4v) is 0.760. The normalized spacial score (nSPS) is 9.38. The summed E-state index contributed by atoms with van der Waals surface area (Å²) >= 11 is 0. The molecule has 0 saturated heterocycles. The third-order valence-electron chi connectivity index (χ3n) is 1.44. The van der Waals surface area contributed by atoms with Crippen LogP contribution in [0, 0.1) is 0 Å². The van der Waals surface area contributed by atoms with E-state index in [1.807, 2.05) is 0 Å². The lowest BCUT2D eigenvalue weighted by atomic mass is 10.3. The van der Waals surface area contributed by atoms with Gasteiger partial charge in [0.05, 0.1) is 38.7 Å². The van der Waals surface area contributed by atoms with Crippen LogP contribution in [0.4, 0.5) is 0 Å². The first-order chi connectivity index (χ1) is 6.26. The molecule has 0 spiro atoms. The second-order valence-corrected chi connectivity index (χ2v) is 2.30. The standard InChI is InChI=1S/C8H10N2O3/c1-12-7-5-9-6(4-10-7)3-8(11)13-2/h4-5H,3H2,1-2H3. The predicted molar refractivity (Wildman–Crippen MR) is 44.3 cm³/mol. The highest BCUT2D eigenvalue weighted by atomic mass is 16.5. The Balaban J connectivity index is 2.64. The second kappa shape index (κ2) is 4.39. The first-order valence-corrected chi connectivity index (χ1v) is 3.68. The van der Waals surface area contributed by atoms with Crippen LogP contribution in [0.3, 0.4) is 0 Å². The lowest BCUT2D eigenvalue weighted by Gasteiger charge is -1.99. The van der Waals surface area contributed by atoms with Gasteiger partial charge in [-0.2, -0.15) is 0 Å². The Hall–Kier alpha value is -1.65. The average Bonchev–Trinajstić information content (AvgIpc) is 2.19. The van der Waals surface area contributed by atoms with Crippen molar-refractivity contribution < 1.29 is 14.3 Å². The smallest absolute Gasteiger partial charge is 0.311 e. The van der Waals surface area contributed by atoms with Gasteiger partial charge in [0.2, 0.25) is 5.88 Å². The molecule has 0 unspecified atom stereocenters. The number of carbonyl (C=O) groups is 1. The van der Waals surface area contributed by atoms with E-state index in [2.05, 4.69) is 14.7 Å². The first kappa shape index (κ1) is 9.44. The number of rotatable bonds is 3. The molecule has 0 amide bonds. The molecule has 0 radical (unpaired) electrons. The SMILES string of the molecule is COC(=O)Cc1cnc(OC)cn1. The van der Waals surface area contributed by atoms with Gasteiger partial charge in [-0.25, -0.2) is 4.98 Å². The summed E-state index contributed by atoms with van der Waals surface area (Å²) in [6.45, 7) is 0. The minimum absolute atomic E-state index is 0.132. The molecule has 0 atom stereocenters. The molecule has 1 heterocycles. The Morgan fingerprint density at radius 2 is 2.15 bits per heavy atom. The molecule has 5 heteroatoms. The molecule has 70 valence electrons. The maximum Gasteiger partial charge on any atom is 0.311 e. The van der Waals surface area contributed by atoms with E-state index in [4.69, 9.17) is 4.74 Å². The van der Waals surface area contributed by atoms with Crippen molar-refractivity contribution in [1.82, 2.24) is 9.97 Å². The maximum absolute atomic E-state index is 10.8. The van der Waals surface area contributed by atoms with Crippen molar-refractivity contribution in [3.8, 4) is 5.88 Å². The van der Waals surface area contributed by atoms with Crippen LogP contribution in [0.25, 0.3) is 0 Å². The van der Waals surface area contributed by atoms with Crippen molar-refractivity contribution in [3.05, 3.63) is 18.1 Å². The van der Waals surface area contributed by atoms with Crippen molar-refractivity contribution in [1.29, 1.82) is 0 Å². The van der Waals surface area contributed by atoms with Crippen LogP contribution in [0.5, 0.6) is 5.88 Å². The summed E-state index contributed by atoms with van der Waals surface area (Å²) in [4.78, 5) is 18.7. The summed E-state index contributed by atoms with van der Waals surface area (Å²) in [5.41, 5.74) is 0.563. The number of hydrogen-bond acceptors (Lipinski definition) is 5. The van der Waals surface area contributed by atoms with E-state index in [1.165, 1.54) is 26.6 Å². The number of aromatic nitrogens is 2. The van der Waals surface area contributed by atoms with Crippen LogP contribution >= 0.6 is 0 Å². The Morgan fingerprint density at radius 1 is 1.38 bits per heavy atom. The third-order valence-corrected chi connectivity index (χ3v) is 1.44. The van der Waals surface area contributed by atoms with Crippen LogP contribution in [-0.2, 0) is 16.0 Å². The molecule has 0 aliphatic heterocycles. The van der Waals surface area contributed by atoms with E-state index in [0.717, 1.165) is 0 Å².